The summed E-state index contributed by atoms with van der Waals surface area (Å²) in [6.07, 6.45) is -3.71. The number of carbonyl (C=O) groups excluding carboxylic acids is 1. The number of carbonyl (C=O) groups is 1. The molecule has 4 N–H and O–H groups in total. The molecule has 1 aliphatic rings. The lowest BCUT2D eigenvalue weighted by Crippen LogP contribution is -2.48. The van der Waals surface area contributed by atoms with Gasteiger partial charge in [0.25, 0.3) is 6.43 Å². The summed E-state index contributed by atoms with van der Waals surface area (Å²) < 4.78 is 46.3. The van der Waals surface area contributed by atoms with Crippen LogP contribution in [0.25, 0.3) is 0 Å². The van der Waals surface area contributed by atoms with Crippen LogP contribution in [0.5, 0.6) is 0 Å². The number of hydrogen-bond donors (Lipinski definition) is 2. The Labute approximate surface area is 118 Å². The van der Waals surface area contributed by atoms with Gasteiger partial charge >= 0.3 is 0 Å². The predicted molar refractivity (Wildman–Crippen MR) is 69.6 cm³/mol. The number of primary amides is 1. The van der Waals surface area contributed by atoms with Gasteiger partial charge in [0.1, 0.15) is 17.8 Å². The summed E-state index contributed by atoms with van der Waals surface area (Å²) in [5.74, 6) is -1.96. The summed E-state index contributed by atoms with van der Waals surface area (Å²) >= 11 is 0. The van der Waals surface area contributed by atoms with Crippen molar-refractivity contribution in [2.75, 3.05) is 6.61 Å². The van der Waals surface area contributed by atoms with Crippen molar-refractivity contribution < 1.29 is 22.7 Å². The highest BCUT2D eigenvalue weighted by atomic mass is 19.3. The average Bonchev–Trinajstić information content (AvgIpc) is 2.42. The van der Waals surface area contributed by atoms with Gasteiger partial charge in [-0.05, 0) is 25.1 Å². The SMILES string of the molecule is C[C@@H]1OC[C@](c2cc(C(N)=O)ccc2F)(C(F)F)N=C1N. The van der Waals surface area contributed by atoms with Crippen LogP contribution in [-0.2, 0) is 10.3 Å². The second-order valence-corrected chi connectivity index (χ2v) is 4.77. The molecule has 0 aliphatic carbocycles. The van der Waals surface area contributed by atoms with Crippen LogP contribution in [0.2, 0.25) is 0 Å². The second-order valence-electron chi connectivity index (χ2n) is 4.77. The highest BCUT2D eigenvalue weighted by Gasteiger charge is 2.47. The van der Waals surface area contributed by atoms with Crippen LogP contribution in [0.3, 0.4) is 0 Å². The van der Waals surface area contributed by atoms with Crippen LogP contribution in [0.15, 0.2) is 23.2 Å². The Kier molecular flexibility index (Phi) is 3.91. The minimum absolute atomic E-state index is 0.0983. The zero-order valence-electron chi connectivity index (χ0n) is 11.1. The predicted octanol–water partition coefficient (Wildman–Crippen LogP) is 1.16. The summed E-state index contributed by atoms with van der Waals surface area (Å²) in [5.41, 5.74) is 7.79. The van der Waals surface area contributed by atoms with E-state index in [0.29, 0.717) is 0 Å². The lowest BCUT2D eigenvalue weighted by atomic mass is 9.88. The maximum absolute atomic E-state index is 14.0. The fourth-order valence-corrected chi connectivity index (χ4v) is 2.07. The van der Waals surface area contributed by atoms with Crippen molar-refractivity contribution in [3.63, 3.8) is 0 Å². The van der Waals surface area contributed by atoms with Crippen molar-refractivity contribution in [3.8, 4) is 0 Å². The summed E-state index contributed by atoms with van der Waals surface area (Å²) in [6, 6.07) is 2.96. The Morgan fingerprint density at radius 1 is 1.52 bits per heavy atom. The number of ether oxygens (including phenoxy) is 1. The molecule has 21 heavy (non-hydrogen) atoms. The highest BCUT2D eigenvalue weighted by molar-refractivity contribution is 5.93. The molecule has 8 heteroatoms. The van der Waals surface area contributed by atoms with E-state index in [-0.39, 0.29) is 11.4 Å². The Morgan fingerprint density at radius 3 is 2.71 bits per heavy atom. The number of rotatable bonds is 3. The van der Waals surface area contributed by atoms with Gasteiger partial charge in [-0.1, -0.05) is 0 Å². The Bertz CT molecular complexity index is 606. The van der Waals surface area contributed by atoms with Gasteiger partial charge in [0, 0.05) is 11.1 Å². The fraction of sp³-hybridized carbons (Fsp3) is 0.385. The molecule has 1 aromatic rings. The van der Waals surface area contributed by atoms with E-state index in [2.05, 4.69) is 4.99 Å². The number of hydrogen-bond acceptors (Lipinski definition) is 4. The molecule has 0 aromatic heterocycles. The molecule has 0 unspecified atom stereocenters. The van der Waals surface area contributed by atoms with Crippen molar-refractivity contribution in [1.82, 2.24) is 0 Å². The molecule has 1 aliphatic heterocycles. The van der Waals surface area contributed by atoms with Gasteiger partial charge in [0.15, 0.2) is 5.54 Å². The molecule has 0 radical (unpaired) electrons. The fourth-order valence-electron chi connectivity index (χ4n) is 2.07. The summed E-state index contributed by atoms with van der Waals surface area (Å²) in [6.45, 7) is 0.996. The van der Waals surface area contributed by atoms with Crippen molar-refractivity contribution in [3.05, 3.63) is 35.1 Å². The molecule has 1 heterocycles. The monoisotopic (exact) mass is 301 g/mol. The molecule has 2 rings (SSSR count). The number of benzene rings is 1. The van der Waals surface area contributed by atoms with Crippen molar-refractivity contribution >= 4 is 11.7 Å². The number of nitrogens with zero attached hydrogens (tertiary/aromatic N) is 1. The zero-order valence-corrected chi connectivity index (χ0v) is 11.1. The third-order valence-corrected chi connectivity index (χ3v) is 3.38. The van der Waals surface area contributed by atoms with Gasteiger partial charge < -0.3 is 16.2 Å². The summed E-state index contributed by atoms with van der Waals surface area (Å²) in [7, 11) is 0. The standard InChI is InChI=1S/C13H14F3N3O2/c1-6-10(17)19-13(5-21-6,12(15)16)8-4-7(11(18)20)2-3-9(8)14/h2-4,6,12H,5H2,1H3,(H2,17,19)(H2,18,20)/t6-,13-/m0/s1. The van der Waals surface area contributed by atoms with Crippen molar-refractivity contribution in [2.24, 2.45) is 16.5 Å². The first-order valence-electron chi connectivity index (χ1n) is 6.12. The Morgan fingerprint density at radius 2 is 2.19 bits per heavy atom. The lowest BCUT2D eigenvalue weighted by Gasteiger charge is -2.35. The number of nitrogens with two attached hydrogens (primary N) is 2. The van der Waals surface area contributed by atoms with E-state index >= 15 is 0 Å². The van der Waals surface area contributed by atoms with Gasteiger partial charge in [0.05, 0.1) is 6.61 Å². The molecule has 1 amide bonds. The molecule has 1 aromatic carbocycles. The first-order valence-corrected chi connectivity index (χ1v) is 6.12. The van der Waals surface area contributed by atoms with E-state index in [0.717, 1.165) is 18.2 Å². The molecule has 114 valence electrons. The average molecular weight is 301 g/mol. The number of halogens is 3. The van der Waals surface area contributed by atoms with E-state index in [1.807, 2.05) is 0 Å². The summed E-state index contributed by atoms with van der Waals surface area (Å²) in [4.78, 5) is 14.9. The van der Waals surface area contributed by atoms with Gasteiger partial charge in [-0.2, -0.15) is 0 Å². The topological polar surface area (TPSA) is 90.7 Å². The lowest BCUT2D eigenvalue weighted by molar-refractivity contribution is -0.0340. The molecule has 2 atom stereocenters. The normalized spacial score (nSPS) is 25.8. The van der Waals surface area contributed by atoms with Gasteiger partial charge in [-0.25, -0.2) is 13.2 Å². The third-order valence-electron chi connectivity index (χ3n) is 3.38. The van der Waals surface area contributed by atoms with Crippen molar-refractivity contribution in [1.29, 1.82) is 0 Å². The van der Waals surface area contributed by atoms with Crippen LogP contribution in [-0.4, -0.2) is 30.9 Å². The molecule has 0 fully saturated rings. The van der Waals surface area contributed by atoms with Gasteiger partial charge in [-0.15, -0.1) is 0 Å². The molecular weight excluding hydrogens is 287 g/mol. The maximum Gasteiger partial charge on any atom is 0.269 e. The number of amidine groups is 1. The zero-order chi connectivity index (χ0) is 15.8. The van der Waals surface area contributed by atoms with E-state index in [1.54, 1.807) is 6.92 Å². The third kappa shape index (κ3) is 2.58. The smallest absolute Gasteiger partial charge is 0.269 e. The highest BCUT2D eigenvalue weighted by Crippen LogP contribution is 2.38. The second kappa shape index (κ2) is 5.36. The quantitative estimate of drug-likeness (QED) is 0.877. The van der Waals surface area contributed by atoms with E-state index in [4.69, 9.17) is 16.2 Å². The van der Waals surface area contributed by atoms with Gasteiger partial charge in [-0.3, -0.25) is 9.79 Å². The first kappa shape index (κ1) is 15.3. The van der Waals surface area contributed by atoms with Crippen LogP contribution in [0.1, 0.15) is 22.8 Å². The van der Waals surface area contributed by atoms with Crippen LogP contribution in [0, 0.1) is 5.82 Å². The van der Waals surface area contributed by atoms with Crippen LogP contribution < -0.4 is 11.5 Å². The molecule has 0 bridgehead atoms. The molecule has 0 saturated carbocycles. The minimum Gasteiger partial charge on any atom is -0.385 e. The largest absolute Gasteiger partial charge is 0.385 e. The van der Waals surface area contributed by atoms with E-state index < -0.39 is 42.0 Å². The van der Waals surface area contributed by atoms with Crippen molar-refractivity contribution in [2.45, 2.75) is 25.0 Å². The Hall–Kier alpha value is -2.09. The first-order chi connectivity index (χ1) is 9.78. The minimum atomic E-state index is -3.07. The summed E-state index contributed by atoms with van der Waals surface area (Å²) in [5, 5.41) is 0. The Balaban J connectivity index is 2.64. The molecule has 0 spiro atoms. The van der Waals surface area contributed by atoms with E-state index in [9.17, 15) is 18.0 Å². The molecular formula is C13H14F3N3O2. The van der Waals surface area contributed by atoms with Crippen LogP contribution in [0.4, 0.5) is 13.2 Å². The van der Waals surface area contributed by atoms with Crippen LogP contribution >= 0.6 is 0 Å². The molecule has 0 saturated heterocycles. The number of alkyl halides is 2. The molecule has 5 nitrogen and oxygen atoms in total. The maximum atomic E-state index is 14.0. The number of aliphatic imine (C=N–C) groups is 1. The van der Waals surface area contributed by atoms with E-state index in [1.165, 1.54) is 0 Å². The number of amides is 1. The van der Waals surface area contributed by atoms with Gasteiger partial charge in [0.2, 0.25) is 5.91 Å².